The predicted octanol–water partition coefficient (Wildman–Crippen LogP) is 2.77. The Labute approximate surface area is 164 Å². The third-order valence-corrected chi connectivity index (χ3v) is 5.02. The van der Waals surface area contributed by atoms with Crippen molar-refractivity contribution in [2.24, 2.45) is 0 Å². The minimum absolute atomic E-state index is 0.101. The fourth-order valence-electron chi connectivity index (χ4n) is 2.41. The number of urea groups is 1. The van der Waals surface area contributed by atoms with Gasteiger partial charge in [0, 0.05) is 26.7 Å². The molecule has 0 aliphatic carbocycles. The number of nitrogens with one attached hydrogen (secondary N) is 1. The Bertz CT molecular complexity index is 887. The highest BCUT2D eigenvalue weighted by Crippen LogP contribution is 2.21. The molecule has 0 fully saturated rings. The highest BCUT2D eigenvalue weighted by Gasteiger charge is 2.18. The van der Waals surface area contributed by atoms with Crippen LogP contribution in [0.25, 0.3) is 0 Å². The molecule has 2 amide bonds. The highest BCUT2D eigenvalue weighted by molar-refractivity contribution is 7.87. The van der Waals surface area contributed by atoms with Crippen molar-refractivity contribution < 1.29 is 26.5 Å². The Hall–Kier alpha value is -2.65. The van der Waals surface area contributed by atoms with Crippen molar-refractivity contribution in [3.05, 3.63) is 59.9 Å². The van der Waals surface area contributed by atoms with E-state index in [0.29, 0.717) is 25.3 Å². The van der Waals surface area contributed by atoms with Crippen LogP contribution in [0.5, 0.6) is 5.75 Å². The predicted molar refractivity (Wildman–Crippen MR) is 102 cm³/mol. The fraction of sp³-hybridized carbons (Fsp3) is 0.316. The van der Waals surface area contributed by atoms with E-state index in [-0.39, 0.29) is 23.2 Å². The Morgan fingerprint density at radius 3 is 2.54 bits per heavy atom. The zero-order valence-electron chi connectivity index (χ0n) is 15.7. The zero-order chi connectivity index (χ0) is 20.6. The third kappa shape index (κ3) is 6.21. The number of nitrogens with zero attached hydrogens (tertiary/aromatic N) is 1. The SMILES string of the molecule is CCNC(=O)N(CCOC)Cc1cccc(OS(=O)(=O)c2ccc(F)cc2)c1. The Balaban J connectivity index is 2.15. The summed E-state index contributed by atoms with van der Waals surface area (Å²) in [6.45, 7) is 3.30. The standard InChI is InChI=1S/C19H23FN2O5S/c1-3-21-19(23)22(11-12-26-2)14-15-5-4-6-17(13-15)27-28(24,25)18-9-7-16(20)8-10-18/h4-10,13H,3,11-12,14H2,1-2H3,(H,21,23). The van der Waals surface area contributed by atoms with Gasteiger partial charge in [0.25, 0.3) is 0 Å². The molecule has 0 aliphatic rings. The second-order valence-electron chi connectivity index (χ2n) is 5.89. The molecule has 152 valence electrons. The molecular weight excluding hydrogens is 387 g/mol. The van der Waals surface area contributed by atoms with E-state index in [0.717, 1.165) is 24.3 Å². The van der Waals surface area contributed by atoms with Gasteiger partial charge in [-0.3, -0.25) is 0 Å². The second kappa shape index (κ2) is 10.0. The van der Waals surface area contributed by atoms with Crippen LogP contribution in [-0.4, -0.2) is 46.2 Å². The van der Waals surface area contributed by atoms with Crippen LogP contribution in [0.15, 0.2) is 53.4 Å². The minimum Gasteiger partial charge on any atom is -0.383 e. The second-order valence-corrected chi connectivity index (χ2v) is 7.43. The molecular formula is C19H23FN2O5S. The van der Waals surface area contributed by atoms with Crippen molar-refractivity contribution in [3.8, 4) is 5.75 Å². The summed E-state index contributed by atoms with van der Waals surface area (Å²) in [6.07, 6.45) is 0. The third-order valence-electron chi connectivity index (χ3n) is 3.76. The van der Waals surface area contributed by atoms with E-state index in [2.05, 4.69) is 5.32 Å². The number of carbonyl (C=O) groups excluding carboxylic acids is 1. The number of amides is 2. The van der Waals surface area contributed by atoms with Crippen LogP contribution in [0.3, 0.4) is 0 Å². The molecule has 2 rings (SSSR count). The first-order valence-electron chi connectivity index (χ1n) is 8.66. The van der Waals surface area contributed by atoms with Gasteiger partial charge in [-0.1, -0.05) is 12.1 Å². The first-order chi connectivity index (χ1) is 13.4. The summed E-state index contributed by atoms with van der Waals surface area (Å²) in [5.41, 5.74) is 0.689. The maximum Gasteiger partial charge on any atom is 0.339 e. The van der Waals surface area contributed by atoms with Crippen LogP contribution in [0.2, 0.25) is 0 Å². The molecule has 0 aromatic heterocycles. The molecule has 9 heteroatoms. The van der Waals surface area contributed by atoms with E-state index in [1.807, 2.05) is 6.92 Å². The number of rotatable bonds is 9. The molecule has 0 saturated heterocycles. The summed E-state index contributed by atoms with van der Waals surface area (Å²) in [6, 6.07) is 10.6. The van der Waals surface area contributed by atoms with Gasteiger partial charge in [-0.2, -0.15) is 8.42 Å². The molecule has 0 saturated carbocycles. The summed E-state index contributed by atoms with van der Waals surface area (Å²) < 4.78 is 47.9. The van der Waals surface area contributed by atoms with Gasteiger partial charge < -0.3 is 19.1 Å². The van der Waals surface area contributed by atoms with Crippen LogP contribution in [0.4, 0.5) is 9.18 Å². The van der Waals surface area contributed by atoms with Crippen molar-refractivity contribution in [2.75, 3.05) is 26.8 Å². The molecule has 2 aromatic carbocycles. The van der Waals surface area contributed by atoms with Gasteiger partial charge in [-0.05, 0) is 48.9 Å². The smallest absolute Gasteiger partial charge is 0.339 e. The summed E-state index contributed by atoms with van der Waals surface area (Å²) in [5.74, 6) is -0.438. The van der Waals surface area contributed by atoms with E-state index >= 15 is 0 Å². The van der Waals surface area contributed by atoms with Crippen LogP contribution >= 0.6 is 0 Å². The zero-order valence-corrected chi connectivity index (χ0v) is 16.5. The Morgan fingerprint density at radius 1 is 1.18 bits per heavy atom. The lowest BCUT2D eigenvalue weighted by Gasteiger charge is -2.22. The van der Waals surface area contributed by atoms with Gasteiger partial charge in [0.15, 0.2) is 0 Å². The summed E-state index contributed by atoms with van der Waals surface area (Å²) in [7, 11) is -2.55. The highest BCUT2D eigenvalue weighted by atomic mass is 32.2. The van der Waals surface area contributed by atoms with E-state index in [1.165, 1.54) is 6.07 Å². The number of methoxy groups -OCH3 is 1. The summed E-state index contributed by atoms with van der Waals surface area (Å²) in [4.78, 5) is 13.6. The van der Waals surface area contributed by atoms with Crippen molar-refractivity contribution in [1.29, 1.82) is 0 Å². The number of halogens is 1. The molecule has 0 unspecified atom stereocenters. The maximum atomic E-state index is 13.0. The lowest BCUT2D eigenvalue weighted by atomic mass is 10.2. The number of carbonyl (C=O) groups is 1. The summed E-state index contributed by atoms with van der Waals surface area (Å²) in [5, 5.41) is 2.73. The van der Waals surface area contributed by atoms with Crippen molar-refractivity contribution >= 4 is 16.1 Å². The normalized spacial score (nSPS) is 11.1. The van der Waals surface area contributed by atoms with E-state index < -0.39 is 15.9 Å². The largest absolute Gasteiger partial charge is 0.383 e. The van der Waals surface area contributed by atoms with Gasteiger partial charge in [-0.25, -0.2) is 9.18 Å². The van der Waals surface area contributed by atoms with Crippen molar-refractivity contribution in [1.82, 2.24) is 10.2 Å². The fourth-order valence-corrected chi connectivity index (χ4v) is 3.33. The Kier molecular flexibility index (Phi) is 7.77. The molecule has 0 aliphatic heterocycles. The average Bonchev–Trinajstić information content (AvgIpc) is 2.65. The molecule has 0 bridgehead atoms. The molecule has 0 radical (unpaired) electrons. The molecule has 7 nitrogen and oxygen atoms in total. The monoisotopic (exact) mass is 410 g/mol. The molecule has 0 heterocycles. The van der Waals surface area contributed by atoms with E-state index in [9.17, 15) is 17.6 Å². The quantitative estimate of drug-likeness (QED) is 0.643. The number of ether oxygens (including phenoxy) is 1. The minimum atomic E-state index is -4.09. The lowest BCUT2D eigenvalue weighted by Crippen LogP contribution is -2.41. The van der Waals surface area contributed by atoms with E-state index in [1.54, 1.807) is 30.2 Å². The van der Waals surface area contributed by atoms with Crippen molar-refractivity contribution in [2.45, 2.75) is 18.4 Å². The molecule has 2 aromatic rings. The van der Waals surface area contributed by atoms with Gasteiger partial charge in [0.2, 0.25) is 0 Å². The first-order valence-corrected chi connectivity index (χ1v) is 10.1. The van der Waals surface area contributed by atoms with Gasteiger partial charge in [0.1, 0.15) is 16.5 Å². The van der Waals surface area contributed by atoms with Crippen LogP contribution in [0.1, 0.15) is 12.5 Å². The van der Waals surface area contributed by atoms with E-state index in [4.69, 9.17) is 8.92 Å². The van der Waals surface area contributed by atoms with Crippen LogP contribution in [0, 0.1) is 5.82 Å². The van der Waals surface area contributed by atoms with Gasteiger partial charge >= 0.3 is 16.1 Å². The number of hydrogen-bond acceptors (Lipinski definition) is 5. The topological polar surface area (TPSA) is 84.9 Å². The first kappa shape index (κ1) is 21.6. The van der Waals surface area contributed by atoms with Gasteiger partial charge in [-0.15, -0.1) is 0 Å². The molecule has 0 atom stereocenters. The summed E-state index contributed by atoms with van der Waals surface area (Å²) >= 11 is 0. The van der Waals surface area contributed by atoms with Gasteiger partial charge in [0.05, 0.1) is 6.61 Å². The Morgan fingerprint density at radius 2 is 1.89 bits per heavy atom. The number of hydrogen-bond donors (Lipinski definition) is 1. The lowest BCUT2D eigenvalue weighted by molar-refractivity contribution is 0.146. The van der Waals surface area contributed by atoms with Crippen LogP contribution in [-0.2, 0) is 21.4 Å². The molecule has 28 heavy (non-hydrogen) atoms. The average molecular weight is 410 g/mol. The molecule has 0 spiro atoms. The maximum absolute atomic E-state index is 13.0. The number of benzene rings is 2. The van der Waals surface area contributed by atoms with Crippen molar-refractivity contribution in [3.63, 3.8) is 0 Å². The van der Waals surface area contributed by atoms with Crippen LogP contribution < -0.4 is 9.50 Å². The molecule has 1 N–H and O–H groups in total.